The average Bonchev–Trinajstić information content (AvgIpc) is 2.70. The minimum Gasteiger partial charge on any atom is -0.484 e. The molecule has 0 aliphatic heterocycles. The van der Waals surface area contributed by atoms with Crippen LogP contribution in [0.2, 0.25) is 0 Å². The van der Waals surface area contributed by atoms with Crippen LogP contribution in [-0.2, 0) is 21.5 Å². The molecule has 0 saturated heterocycles. The lowest BCUT2D eigenvalue weighted by molar-refractivity contribution is -0.142. The number of amides is 2. The molecule has 0 aromatic heterocycles. The highest BCUT2D eigenvalue weighted by Gasteiger charge is 2.26. The van der Waals surface area contributed by atoms with Crippen molar-refractivity contribution in [2.45, 2.75) is 45.7 Å². The van der Waals surface area contributed by atoms with Crippen LogP contribution in [0.4, 0.5) is 4.39 Å². The molecule has 0 fully saturated rings. The second-order valence-electron chi connectivity index (χ2n) is 8.00. The molecule has 0 aliphatic rings. The van der Waals surface area contributed by atoms with E-state index in [1.54, 1.807) is 19.1 Å². The monoisotopic (exact) mass is 400 g/mol. The molecule has 0 spiro atoms. The van der Waals surface area contributed by atoms with Crippen LogP contribution in [-0.4, -0.2) is 36.4 Å². The maximum Gasteiger partial charge on any atom is 0.261 e. The number of nitrogens with zero attached hydrogens (tertiary/aromatic N) is 1. The second kappa shape index (κ2) is 9.54. The first kappa shape index (κ1) is 22.4. The fourth-order valence-electron chi connectivity index (χ4n) is 2.86. The van der Waals surface area contributed by atoms with Gasteiger partial charge in [-0.2, -0.15) is 0 Å². The van der Waals surface area contributed by atoms with Crippen molar-refractivity contribution < 1.29 is 18.7 Å². The zero-order chi connectivity index (χ0) is 21.6. The highest BCUT2D eigenvalue weighted by molar-refractivity contribution is 5.87. The molecule has 0 unspecified atom stereocenters. The van der Waals surface area contributed by atoms with Gasteiger partial charge in [0.05, 0.1) is 0 Å². The molecule has 0 bridgehead atoms. The fraction of sp³-hybridized carbons (Fsp3) is 0.391. The quantitative estimate of drug-likeness (QED) is 0.772. The Bertz CT molecular complexity index is 827. The molecule has 2 amide bonds. The number of hydrogen-bond acceptors (Lipinski definition) is 3. The first-order chi connectivity index (χ1) is 13.6. The summed E-state index contributed by atoms with van der Waals surface area (Å²) in [5, 5.41) is 2.56. The lowest BCUT2D eigenvalue weighted by atomic mass is 9.87. The summed E-state index contributed by atoms with van der Waals surface area (Å²) < 4.78 is 18.8. The Labute approximate surface area is 171 Å². The molecule has 2 aromatic rings. The Balaban J connectivity index is 2.10. The molecule has 0 radical (unpaired) electrons. The molecule has 6 heteroatoms. The number of carbonyl (C=O) groups is 2. The molecule has 29 heavy (non-hydrogen) atoms. The van der Waals surface area contributed by atoms with E-state index < -0.39 is 6.04 Å². The van der Waals surface area contributed by atoms with E-state index in [0.29, 0.717) is 5.75 Å². The molecule has 1 N–H and O–H groups in total. The van der Waals surface area contributed by atoms with Crippen molar-refractivity contribution in [1.82, 2.24) is 10.2 Å². The summed E-state index contributed by atoms with van der Waals surface area (Å²) in [6, 6.07) is 12.8. The van der Waals surface area contributed by atoms with Crippen molar-refractivity contribution in [1.29, 1.82) is 0 Å². The summed E-state index contributed by atoms with van der Waals surface area (Å²) in [7, 11) is 1.52. The highest BCUT2D eigenvalue weighted by atomic mass is 19.1. The van der Waals surface area contributed by atoms with Gasteiger partial charge in [0.25, 0.3) is 5.91 Å². The molecule has 156 valence electrons. The SMILES string of the molecule is CNC(=O)[C@@H](C)N(Cc1ccc(F)cc1)C(=O)COc1ccc(C(C)(C)C)cc1. The third-order valence-electron chi connectivity index (χ3n) is 4.76. The van der Waals surface area contributed by atoms with Crippen LogP contribution in [0, 0.1) is 5.82 Å². The maximum absolute atomic E-state index is 13.2. The maximum atomic E-state index is 13.2. The summed E-state index contributed by atoms with van der Waals surface area (Å²) in [5.74, 6) is -0.381. The molecule has 5 nitrogen and oxygen atoms in total. The summed E-state index contributed by atoms with van der Waals surface area (Å²) in [6.45, 7) is 8.01. The Kier molecular flexibility index (Phi) is 7.37. The van der Waals surface area contributed by atoms with Gasteiger partial charge in [-0.3, -0.25) is 9.59 Å². The zero-order valence-corrected chi connectivity index (χ0v) is 17.7. The van der Waals surface area contributed by atoms with Crippen LogP contribution in [0.15, 0.2) is 48.5 Å². The first-order valence-electron chi connectivity index (χ1n) is 9.60. The number of hydrogen-bond donors (Lipinski definition) is 1. The van der Waals surface area contributed by atoms with Crippen LogP contribution in [0.1, 0.15) is 38.8 Å². The topological polar surface area (TPSA) is 58.6 Å². The van der Waals surface area contributed by atoms with Crippen LogP contribution in [0.5, 0.6) is 5.75 Å². The number of halogens is 1. The van der Waals surface area contributed by atoms with Gasteiger partial charge in [-0.25, -0.2) is 4.39 Å². The Morgan fingerprint density at radius 3 is 2.17 bits per heavy atom. The number of ether oxygens (including phenoxy) is 1. The van der Waals surface area contributed by atoms with Gasteiger partial charge in [-0.15, -0.1) is 0 Å². The van der Waals surface area contributed by atoms with Crippen LogP contribution < -0.4 is 10.1 Å². The van der Waals surface area contributed by atoms with E-state index >= 15 is 0 Å². The van der Waals surface area contributed by atoms with Crippen molar-refractivity contribution in [3.05, 3.63) is 65.5 Å². The van der Waals surface area contributed by atoms with Crippen LogP contribution in [0.3, 0.4) is 0 Å². The zero-order valence-electron chi connectivity index (χ0n) is 17.7. The van der Waals surface area contributed by atoms with E-state index in [-0.39, 0.29) is 36.2 Å². The van der Waals surface area contributed by atoms with Crippen LogP contribution in [0.25, 0.3) is 0 Å². The van der Waals surface area contributed by atoms with E-state index in [0.717, 1.165) is 5.56 Å². The van der Waals surface area contributed by atoms with Gasteiger partial charge < -0.3 is 15.0 Å². The number of likely N-dealkylation sites (N-methyl/N-ethyl adjacent to an activating group) is 1. The van der Waals surface area contributed by atoms with E-state index in [1.165, 1.54) is 29.6 Å². The number of nitrogens with one attached hydrogen (secondary N) is 1. The standard InChI is InChI=1S/C23H29FN2O3/c1-16(22(28)25-5)26(14-17-6-10-19(24)11-7-17)21(27)15-29-20-12-8-18(9-13-20)23(2,3)4/h6-13,16H,14-15H2,1-5H3,(H,25,28)/t16-/m1/s1. The van der Waals surface area contributed by atoms with Gasteiger partial charge in [0.1, 0.15) is 17.6 Å². The van der Waals surface area contributed by atoms with E-state index in [9.17, 15) is 14.0 Å². The second-order valence-corrected chi connectivity index (χ2v) is 8.00. The van der Waals surface area contributed by atoms with Gasteiger partial charge in [-0.05, 0) is 47.7 Å². The third kappa shape index (κ3) is 6.31. The Morgan fingerprint density at radius 2 is 1.66 bits per heavy atom. The minimum absolute atomic E-state index is 0.0310. The minimum atomic E-state index is -0.690. The van der Waals surface area contributed by atoms with Crippen molar-refractivity contribution in [2.24, 2.45) is 0 Å². The molecule has 2 rings (SSSR count). The smallest absolute Gasteiger partial charge is 0.261 e. The number of benzene rings is 2. The molecular formula is C23H29FN2O3. The van der Waals surface area contributed by atoms with Gasteiger partial charge in [-0.1, -0.05) is 45.0 Å². The molecular weight excluding hydrogens is 371 g/mol. The lowest BCUT2D eigenvalue weighted by Crippen LogP contribution is -2.48. The van der Waals surface area contributed by atoms with Crippen molar-refractivity contribution in [2.75, 3.05) is 13.7 Å². The van der Waals surface area contributed by atoms with E-state index in [1.807, 2.05) is 24.3 Å². The first-order valence-corrected chi connectivity index (χ1v) is 9.60. The van der Waals surface area contributed by atoms with E-state index in [4.69, 9.17) is 4.74 Å². The van der Waals surface area contributed by atoms with Gasteiger partial charge in [0.2, 0.25) is 5.91 Å². The summed E-state index contributed by atoms with van der Waals surface area (Å²) in [5.41, 5.74) is 1.93. The van der Waals surface area contributed by atoms with Gasteiger partial charge in [0.15, 0.2) is 6.61 Å². The number of rotatable bonds is 7. The molecule has 2 aromatic carbocycles. The largest absolute Gasteiger partial charge is 0.484 e. The molecule has 0 heterocycles. The predicted molar refractivity (Wildman–Crippen MR) is 111 cm³/mol. The third-order valence-corrected chi connectivity index (χ3v) is 4.76. The Morgan fingerprint density at radius 1 is 1.07 bits per heavy atom. The summed E-state index contributed by atoms with van der Waals surface area (Å²) >= 11 is 0. The normalized spacial score (nSPS) is 12.2. The fourth-order valence-corrected chi connectivity index (χ4v) is 2.86. The Hall–Kier alpha value is -2.89. The van der Waals surface area contributed by atoms with Crippen molar-refractivity contribution in [3.63, 3.8) is 0 Å². The summed E-state index contributed by atoms with van der Waals surface area (Å²) in [4.78, 5) is 26.4. The molecule has 0 saturated carbocycles. The van der Waals surface area contributed by atoms with Crippen molar-refractivity contribution in [3.8, 4) is 5.75 Å². The van der Waals surface area contributed by atoms with Crippen LogP contribution >= 0.6 is 0 Å². The van der Waals surface area contributed by atoms with Crippen molar-refractivity contribution >= 4 is 11.8 Å². The summed E-state index contributed by atoms with van der Waals surface area (Å²) in [6.07, 6.45) is 0. The average molecular weight is 400 g/mol. The van der Waals surface area contributed by atoms with Gasteiger partial charge >= 0.3 is 0 Å². The van der Waals surface area contributed by atoms with E-state index in [2.05, 4.69) is 26.1 Å². The predicted octanol–water partition coefficient (Wildman–Crippen LogP) is 3.67. The lowest BCUT2D eigenvalue weighted by Gasteiger charge is -2.28. The molecule has 0 aliphatic carbocycles. The molecule has 1 atom stereocenters. The van der Waals surface area contributed by atoms with Gasteiger partial charge in [0, 0.05) is 13.6 Å². The highest BCUT2D eigenvalue weighted by Crippen LogP contribution is 2.24. The number of carbonyl (C=O) groups excluding carboxylic acids is 2.